The van der Waals surface area contributed by atoms with E-state index >= 15 is 0 Å². The average molecular weight is 444 g/mol. The number of hydrogen-bond donors (Lipinski definition) is 3. The molecule has 0 bridgehead atoms. The van der Waals surface area contributed by atoms with Gasteiger partial charge in [0.1, 0.15) is 10.6 Å². The summed E-state index contributed by atoms with van der Waals surface area (Å²) in [5, 5.41) is 8.55. The van der Waals surface area contributed by atoms with Crippen LogP contribution in [0.25, 0.3) is 10.8 Å². The van der Waals surface area contributed by atoms with Gasteiger partial charge in [-0.15, -0.1) is 5.11 Å². The SMILES string of the molecule is Cc1cc(N)ccc1N=Nc1cc2ccc(S(=O)(=O)O)cc2cc1S(=O)(=O)O.[Na+]. The monoisotopic (exact) mass is 444 g/mol. The second-order valence-corrected chi connectivity index (χ2v) is 8.84. The van der Waals surface area contributed by atoms with E-state index in [1.54, 1.807) is 25.1 Å². The van der Waals surface area contributed by atoms with E-state index in [0.29, 0.717) is 16.8 Å². The smallest absolute Gasteiger partial charge is 0.399 e. The zero-order valence-electron chi connectivity index (χ0n) is 15.4. The minimum atomic E-state index is -4.68. The summed E-state index contributed by atoms with van der Waals surface area (Å²) in [5.74, 6) is 0. The topological polar surface area (TPSA) is 159 Å². The fourth-order valence-corrected chi connectivity index (χ4v) is 3.74. The van der Waals surface area contributed by atoms with Crippen molar-refractivity contribution in [2.45, 2.75) is 16.7 Å². The molecule has 146 valence electrons. The normalized spacial score (nSPS) is 12.2. The molecule has 0 radical (unpaired) electrons. The molecule has 0 aromatic heterocycles. The number of benzene rings is 3. The summed E-state index contributed by atoms with van der Waals surface area (Å²) in [6, 6.07) is 10.9. The van der Waals surface area contributed by atoms with Crippen molar-refractivity contribution in [2.24, 2.45) is 10.2 Å². The van der Waals surface area contributed by atoms with Gasteiger partial charge in [0.05, 0.1) is 10.6 Å². The molecule has 0 atom stereocenters. The third-order valence-electron chi connectivity index (χ3n) is 3.95. The molecule has 0 amide bonds. The van der Waals surface area contributed by atoms with Crippen LogP contribution in [-0.4, -0.2) is 25.9 Å². The number of azo groups is 1. The summed E-state index contributed by atoms with van der Waals surface area (Å²) in [7, 11) is -9.15. The van der Waals surface area contributed by atoms with Crippen molar-refractivity contribution in [1.82, 2.24) is 0 Å². The van der Waals surface area contributed by atoms with Gasteiger partial charge in [-0.25, -0.2) is 0 Å². The first-order valence-electron chi connectivity index (χ1n) is 7.76. The van der Waals surface area contributed by atoms with E-state index in [0.717, 1.165) is 23.8 Å². The molecule has 3 aromatic rings. The number of hydrogen-bond acceptors (Lipinski definition) is 7. The molecule has 4 N–H and O–H groups in total. The molecule has 0 aliphatic carbocycles. The van der Waals surface area contributed by atoms with E-state index in [1.165, 1.54) is 12.1 Å². The van der Waals surface area contributed by atoms with Crippen molar-refractivity contribution in [3.63, 3.8) is 0 Å². The minimum absolute atomic E-state index is 0. The van der Waals surface area contributed by atoms with Gasteiger partial charge in [0.2, 0.25) is 0 Å². The molecule has 0 saturated carbocycles. The van der Waals surface area contributed by atoms with Gasteiger partial charge in [-0.3, -0.25) is 9.11 Å². The van der Waals surface area contributed by atoms with Gasteiger partial charge in [0, 0.05) is 5.69 Å². The molecule has 0 aliphatic heterocycles. The molecule has 29 heavy (non-hydrogen) atoms. The average Bonchev–Trinajstić information content (AvgIpc) is 2.58. The third kappa shape index (κ3) is 5.39. The quantitative estimate of drug-likeness (QED) is 0.230. The Morgan fingerprint density at radius 1 is 0.793 bits per heavy atom. The molecule has 3 aromatic carbocycles. The summed E-state index contributed by atoms with van der Waals surface area (Å²) in [4.78, 5) is -0.961. The van der Waals surface area contributed by atoms with Crippen LogP contribution in [0.3, 0.4) is 0 Å². The zero-order chi connectivity index (χ0) is 20.7. The van der Waals surface area contributed by atoms with Gasteiger partial charge < -0.3 is 5.73 Å². The molecule has 0 aliphatic rings. The number of aryl methyl sites for hydroxylation is 1. The van der Waals surface area contributed by atoms with Crippen molar-refractivity contribution in [3.05, 3.63) is 54.1 Å². The van der Waals surface area contributed by atoms with Gasteiger partial charge >= 0.3 is 29.6 Å². The Morgan fingerprint density at radius 2 is 1.45 bits per heavy atom. The Bertz CT molecular complexity index is 1340. The minimum Gasteiger partial charge on any atom is -0.399 e. The van der Waals surface area contributed by atoms with Crippen LogP contribution in [0.4, 0.5) is 17.1 Å². The van der Waals surface area contributed by atoms with Gasteiger partial charge in [-0.05, 0) is 65.7 Å². The molecular weight excluding hydrogens is 429 g/mol. The van der Waals surface area contributed by atoms with Crippen molar-refractivity contribution < 1.29 is 55.5 Å². The number of rotatable bonds is 4. The number of fused-ring (bicyclic) bond motifs is 1. The van der Waals surface area contributed by atoms with Crippen LogP contribution >= 0.6 is 0 Å². The van der Waals surface area contributed by atoms with Crippen LogP contribution in [0.5, 0.6) is 0 Å². The van der Waals surface area contributed by atoms with Crippen LogP contribution < -0.4 is 35.3 Å². The Kier molecular flexibility index (Phi) is 6.85. The van der Waals surface area contributed by atoms with E-state index in [9.17, 15) is 21.4 Å². The van der Waals surface area contributed by atoms with E-state index in [1.807, 2.05) is 0 Å². The van der Waals surface area contributed by atoms with Gasteiger partial charge in [0.25, 0.3) is 20.2 Å². The molecule has 0 spiro atoms. The molecule has 0 saturated heterocycles. The molecule has 0 fully saturated rings. The number of nitrogens with two attached hydrogens (primary N) is 1. The number of nitrogens with zero attached hydrogens (tertiary/aromatic N) is 2. The molecule has 0 heterocycles. The van der Waals surface area contributed by atoms with Crippen LogP contribution in [0.1, 0.15) is 5.56 Å². The number of anilines is 1. The Labute approximate surface area is 189 Å². The Balaban J connectivity index is 0.00000300. The summed E-state index contributed by atoms with van der Waals surface area (Å²) < 4.78 is 64.8. The largest absolute Gasteiger partial charge is 1.00 e. The summed E-state index contributed by atoms with van der Waals surface area (Å²) in [6.45, 7) is 1.76. The Hall–Kier alpha value is -1.86. The predicted molar refractivity (Wildman–Crippen MR) is 103 cm³/mol. The van der Waals surface area contributed by atoms with Crippen molar-refractivity contribution in [2.75, 3.05) is 5.73 Å². The fraction of sp³-hybridized carbons (Fsp3) is 0.0588. The van der Waals surface area contributed by atoms with Crippen molar-refractivity contribution in [3.8, 4) is 0 Å². The standard InChI is InChI=1S/C17H15N3O6S2.Na/c1-10-6-13(18)3-5-15(10)19-20-16-8-11-2-4-14(27(21,22)23)7-12(11)9-17(16)28(24,25)26;/h2-9H,18H2,1H3,(H,21,22,23)(H,24,25,26);/q;+1. The van der Waals surface area contributed by atoms with Crippen molar-refractivity contribution >= 4 is 48.1 Å². The summed E-state index contributed by atoms with van der Waals surface area (Å²) in [6.07, 6.45) is 0. The summed E-state index contributed by atoms with van der Waals surface area (Å²) in [5.41, 5.74) is 7.25. The molecule has 9 nitrogen and oxygen atoms in total. The summed E-state index contributed by atoms with van der Waals surface area (Å²) >= 11 is 0. The van der Waals surface area contributed by atoms with Crippen LogP contribution in [-0.2, 0) is 20.2 Å². The number of nitrogen functional groups attached to an aromatic ring is 1. The molecular formula is C17H15N3NaO6S2+. The second-order valence-electron chi connectivity index (χ2n) is 6.02. The Morgan fingerprint density at radius 3 is 2.03 bits per heavy atom. The third-order valence-corrected chi connectivity index (χ3v) is 5.68. The zero-order valence-corrected chi connectivity index (χ0v) is 19.1. The first-order chi connectivity index (χ1) is 12.9. The maximum Gasteiger partial charge on any atom is 1.00 e. The van der Waals surface area contributed by atoms with Crippen LogP contribution in [0.2, 0.25) is 0 Å². The molecule has 12 heteroatoms. The van der Waals surface area contributed by atoms with Gasteiger partial charge in [-0.1, -0.05) is 6.07 Å². The maximum atomic E-state index is 11.8. The fourth-order valence-electron chi connectivity index (χ4n) is 2.59. The van der Waals surface area contributed by atoms with E-state index in [-0.39, 0.29) is 40.6 Å². The van der Waals surface area contributed by atoms with Crippen molar-refractivity contribution in [1.29, 1.82) is 0 Å². The van der Waals surface area contributed by atoms with E-state index in [2.05, 4.69) is 10.2 Å². The first-order valence-corrected chi connectivity index (χ1v) is 10.6. The first kappa shape index (κ1) is 23.4. The van der Waals surface area contributed by atoms with Gasteiger partial charge in [-0.2, -0.15) is 21.9 Å². The van der Waals surface area contributed by atoms with E-state index < -0.39 is 30.0 Å². The van der Waals surface area contributed by atoms with Gasteiger partial charge in [0.15, 0.2) is 0 Å². The molecule has 3 rings (SSSR count). The predicted octanol–water partition coefficient (Wildman–Crippen LogP) is 0.643. The maximum absolute atomic E-state index is 11.8. The van der Waals surface area contributed by atoms with E-state index in [4.69, 9.17) is 10.3 Å². The van der Waals surface area contributed by atoms with Crippen LogP contribution in [0.15, 0.2) is 68.6 Å². The second kappa shape index (κ2) is 8.48. The molecule has 0 unspecified atom stereocenters. The van der Waals surface area contributed by atoms with Crippen LogP contribution in [0, 0.1) is 6.92 Å².